The minimum absolute atomic E-state index is 0.0299. The quantitative estimate of drug-likeness (QED) is 0.583. The second-order valence-electron chi connectivity index (χ2n) is 8.99. The Hall–Kier alpha value is -3.55. The number of benzene rings is 2. The molecule has 8 heteroatoms. The maximum atomic E-state index is 13.8. The lowest BCUT2D eigenvalue weighted by molar-refractivity contribution is -0.142. The highest BCUT2D eigenvalue weighted by Crippen LogP contribution is 2.39. The Morgan fingerprint density at radius 2 is 1.54 bits per heavy atom. The first-order valence-electron chi connectivity index (χ1n) is 12.3. The molecule has 2 saturated heterocycles. The van der Waals surface area contributed by atoms with Gasteiger partial charge in [0.2, 0.25) is 5.91 Å². The number of hydrogen-bond donors (Lipinski definition) is 0. The number of carbonyl (C=O) groups is 3. The summed E-state index contributed by atoms with van der Waals surface area (Å²) in [5.74, 6) is 0.492. The summed E-state index contributed by atoms with van der Waals surface area (Å²) in [6.45, 7) is 6.45. The van der Waals surface area contributed by atoms with Crippen LogP contribution in [0.1, 0.15) is 26.7 Å². The summed E-state index contributed by atoms with van der Waals surface area (Å²) in [5.41, 5.74) is 0.188. The van der Waals surface area contributed by atoms with Gasteiger partial charge in [0.05, 0.1) is 6.67 Å². The maximum absolute atomic E-state index is 13.8. The van der Waals surface area contributed by atoms with Crippen molar-refractivity contribution in [3.8, 4) is 5.75 Å². The molecule has 0 bridgehead atoms. The Labute approximate surface area is 207 Å². The molecule has 186 valence electrons. The standard InChI is InChI=1S/C27H34N4O4/c1-3-28(4-2)24(32)19-30-21-31(22-11-7-5-8-12-22)27(26(30)34)15-17-29(18-16-27)25(33)20-35-23-13-9-6-10-14-23/h5-14H,3-4,15-21H2,1-2H3. The Morgan fingerprint density at radius 3 is 2.14 bits per heavy atom. The Morgan fingerprint density at radius 1 is 0.943 bits per heavy atom. The molecule has 2 heterocycles. The van der Waals surface area contributed by atoms with Crippen LogP contribution in [0.25, 0.3) is 0 Å². The molecule has 0 radical (unpaired) electrons. The highest BCUT2D eigenvalue weighted by molar-refractivity contribution is 5.96. The number of likely N-dealkylation sites (tertiary alicyclic amines) is 1. The van der Waals surface area contributed by atoms with Crippen LogP contribution in [0.4, 0.5) is 5.69 Å². The summed E-state index contributed by atoms with van der Waals surface area (Å²) < 4.78 is 5.64. The topological polar surface area (TPSA) is 73.4 Å². The smallest absolute Gasteiger partial charge is 0.260 e. The van der Waals surface area contributed by atoms with Crippen LogP contribution in [0.3, 0.4) is 0 Å². The fourth-order valence-electron chi connectivity index (χ4n) is 5.04. The van der Waals surface area contributed by atoms with Gasteiger partial charge in [-0.3, -0.25) is 14.4 Å². The monoisotopic (exact) mass is 478 g/mol. The van der Waals surface area contributed by atoms with E-state index in [-0.39, 0.29) is 30.9 Å². The molecule has 2 aromatic rings. The molecule has 3 amide bonds. The van der Waals surface area contributed by atoms with Gasteiger partial charge < -0.3 is 24.3 Å². The second kappa shape index (κ2) is 10.8. The minimum Gasteiger partial charge on any atom is -0.484 e. The van der Waals surface area contributed by atoms with Crippen molar-refractivity contribution < 1.29 is 19.1 Å². The summed E-state index contributed by atoms with van der Waals surface area (Å²) >= 11 is 0. The minimum atomic E-state index is -0.762. The van der Waals surface area contributed by atoms with Gasteiger partial charge in [-0.1, -0.05) is 36.4 Å². The summed E-state index contributed by atoms with van der Waals surface area (Å²) in [4.78, 5) is 46.7. The van der Waals surface area contributed by atoms with Crippen LogP contribution in [0.5, 0.6) is 5.75 Å². The SMILES string of the molecule is CCN(CC)C(=O)CN1CN(c2ccccc2)C2(CCN(C(=O)COc3ccccc3)CC2)C1=O. The molecule has 0 aromatic heterocycles. The fourth-order valence-corrected chi connectivity index (χ4v) is 5.04. The number of ether oxygens (including phenoxy) is 1. The zero-order valence-corrected chi connectivity index (χ0v) is 20.6. The van der Waals surface area contributed by atoms with Crippen LogP contribution in [-0.2, 0) is 14.4 Å². The van der Waals surface area contributed by atoms with E-state index in [2.05, 4.69) is 4.90 Å². The van der Waals surface area contributed by atoms with E-state index < -0.39 is 5.54 Å². The van der Waals surface area contributed by atoms with Gasteiger partial charge in [-0.05, 0) is 51.0 Å². The molecule has 0 unspecified atom stereocenters. The molecule has 8 nitrogen and oxygen atoms in total. The average molecular weight is 479 g/mol. The highest BCUT2D eigenvalue weighted by Gasteiger charge is 2.54. The molecule has 2 fully saturated rings. The lowest BCUT2D eigenvalue weighted by atomic mass is 9.85. The second-order valence-corrected chi connectivity index (χ2v) is 8.99. The molecule has 1 spiro atoms. The van der Waals surface area contributed by atoms with Crippen LogP contribution in [-0.4, -0.2) is 84.0 Å². The van der Waals surface area contributed by atoms with E-state index >= 15 is 0 Å². The van der Waals surface area contributed by atoms with Crippen LogP contribution in [0.2, 0.25) is 0 Å². The first-order chi connectivity index (χ1) is 17.0. The Bertz CT molecular complexity index is 1020. The zero-order valence-electron chi connectivity index (χ0n) is 20.6. The number of rotatable bonds is 8. The number of piperidine rings is 1. The van der Waals surface area contributed by atoms with Crippen LogP contribution < -0.4 is 9.64 Å². The van der Waals surface area contributed by atoms with Gasteiger partial charge in [0.1, 0.15) is 17.8 Å². The van der Waals surface area contributed by atoms with E-state index in [1.165, 1.54) is 0 Å². The number of anilines is 1. The van der Waals surface area contributed by atoms with Gasteiger partial charge in [-0.2, -0.15) is 0 Å². The van der Waals surface area contributed by atoms with Gasteiger partial charge in [-0.25, -0.2) is 0 Å². The fraction of sp³-hybridized carbons (Fsp3) is 0.444. The lowest BCUT2D eigenvalue weighted by Gasteiger charge is -2.43. The molecule has 2 aliphatic rings. The van der Waals surface area contributed by atoms with Gasteiger partial charge in [0.25, 0.3) is 11.8 Å². The van der Waals surface area contributed by atoms with Gasteiger partial charge in [-0.15, -0.1) is 0 Å². The summed E-state index contributed by atoms with van der Waals surface area (Å²) in [7, 11) is 0. The highest BCUT2D eigenvalue weighted by atomic mass is 16.5. The van der Waals surface area contributed by atoms with Crippen molar-refractivity contribution in [1.82, 2.24) is 14.7 Å². The van der Waals surface area contributed by atoms with Crippen molar-refractivity contribution in [2.45, 2.75) is 32.2 Å². The molecular weight excluding hydrogens is 444 g/mol. The molecule has 0 saturated carbocycles. The van der Waals surface area contributed by atoms with Gasteiger partial charge in [0, 0.05) is 31.9 Å². The molecule has 0 N–H and O–H groups in total. The molecule has 2 aromatic carbocycles. The number of carbonyl (C=O) groups excluding carboxylic acids is 3. The summed E-state index contributed by atoms with van der Waals surface area (Å²) in [5, 5.41) is 0. The molecule has 35 heavy (non-hydrogen) atoms. The maximum Gasteiger partial charge on any atom is 0.260 e. The molecule has 2 aliphatic heterocycles. The predicted molar refractivity (Wildman–Crippen MR) is 134 cm³/mol. The summed E-state index contributed by atoms with van der Waals surface area (Å²) in [6.07, 6.45) is 1.02. The number of para-hydroxylation sites is 2. The first kappa shape index (κ1) is 24.6. The largest absolute Gasteiger partial charge is 0.484 e. The molecule has 0 aliphatic carbocycles. The number of nitrogens with zero attached hydrogens (tertiary/aromatic N) is 4. The van der Waals surface area contributed by atoms with E-state index in [0.29, 0.717) is 51.4 Å². The number of amides is 3. The lowest BCUT2D eigenvalue weighted by Crippen LogP contribution is -2.58. The third-order valence-electron chi connectivity index (χ3n) is 7.07. The third-order valence-corrected chi connectivity index (χ3v) is 7.07. The van der Waals surface area contributed by atoms with E-state index in [1.54, 1.807) is 14.7 Å². The predicted octanol–water partition coefficient (Wildman–Crippen LogP) is 2.60. The van der Waals surface area contributed by atoms with E-state index in [4.69, 9.17) is 4.74 Å². The van der Waals surface area contributed by atoms with E-state index in [0.717, 1.165) is 5.69 Å². The van der Waals surface area contributed by atoms with Crippen molar-refractivity contribution in [3.63, 3.8) is 0 Å². The van der Waals surface area contributed by atoms with E-state index in [9.17, 15) is 14.4 Å². The normalized spacial score (nSPS) is 17.1. The molecular formula is C27H34N4O4. The van der Waals surface area contributed by atoms with E-state index in [1.807, 2.05) is 74.5 Å². The van der Waals surface area contributed by atoms with Crippen molar-refractivity contribution in [1.29, 1.82) is 0 Å². The van der Waals surface area contributed by atoms with Crippen LogP contribution >= 0.6 is 0 Å². The van der Waals surface area contributed by atoms with Crippen LogP contribution in [0.15, 0.2) is 60.7 Å². The van der Waals surface area contributed by atoms with Gasteiger partial charge in [0.15, 0.2) is 6.61 Å². The van der Waals surface area contributed by atoms with Gasteiger partial charge >= 0.3 is 0 Å². The first-order valence-corrected chi connectivity index (χ1v) is 12.3. The Balaban J connectivity index is 1.47. The Kier molecular flexibility index (Phi) is 7.58. The van der Waals surface area contributed by atoms with Crippen molar-refractivity contribution >= 4 is 23.4 Å². The average Bonchev–Trinajstić information content (AvgIpc) is 3.15. The molecule has 4 rings (SSSR count). The number of likely N-dealkylation sites (N-methyl/N-ethyl adjacent to an activating group) is 1. The van der Waals surface area contributed by atoms with Crippen molar-refractivity contribution in [3.05, 3.63) is 60.7 Å². The van der Waals surface area contributed by atoms with Crippen molar-refractivity contribution in [2.24, 2.45) is 0 Å². The van der Waals surface area contributed by atoms with Crippen molar-refractivity contribution in [2.75, 3.05) is 50.9 Å². The van der Waals surface area contributed by atoms with Crippen LogP contribution in [0, 0.1) is 0 Å². The third kappa shape index (κ3) is 5.11. The summed E-state index contributed by atoms with van der Waals surface area (Å²) in [6, 6.07) is 19.1. The zero-order chi connectivity index (χ0) is 24.8. The molecule has 0 atom stereocenters. The number of hydrogen-bond acceptors (Lipinski definition) is 5.